The van der Waals surface area contributed by atoms with Crippen molar-refractivity contribution in [3.8, 4) is 11.1 Å². The molecule has 0 aromatic heterocycles. The van der Waals surface area contributed by atoms with Gasteiger partial charge in [-0.15, -0.1) is 0 Å². The molecule has 2 unspecified atom stereocenters. The molecule has 2 aromatic rings. The van der Waals surface area contributed by atoms with E-state index in [1.165, 1.54) is 17.5 Å². The van der Waals surface area contributed by atoms with Crippen molar-refractivity contribution in [3.63, 3.8) is 0 Å². The quantitative estimate of drug-likeness (QED) is 0.573. The molecule has 0 saturated heterocycles. The molecule has 170 valence electrons. The average Bonchev–Trinajstić information content (AvgIpc) is 3.08. The molecule has 0 heterocycles. The summed E-state index contributed by atoms with van der Waals surface area (Å²) in [4.78, 5) is 24.2. The summed E-state index contributed by atoms with van der Waals surface area (Å²) in [6, 6.07) is 16.4. The molecule has 2 aliphatic carbocycles. The van der Waals surface area contributed by atoms with Gasteiger partial charge in [0.05, 0.1) is 5.92 Å². The molecular weight excluding hydrogens is 402 g/mol. The van der Waals surface area contributed by atoms with Gasteiger partial charge in [0.1, 0.15) is 6.61 Å². The highest BCUT2D eigenvalue weighted by Gasteiger charge is 2.32. The molecule has 2 atom stereocenters. The van der Waals surface area contributed by atoms with Gasteiger partial charge in [-0.1, -0.05) is 75.2 Å². The van der Waals surface area contributed by atoms with E-state index >= 15 is 0 Å². The van der Waals surface area contributed by atoms with Crippen molar-refractivity contribution in [2.75, 3.05) is 13.2 Å². The van der Waals surface area contributed by atoms with E-state index < -0.39 is 18.0 Å². The molecule has 0 radical (unpaired) electrons. The Morgan fingerprint density at radius 3 is 2.31 bits per heavy atom. The monoisotopic (exact) mass is 435 g/mol. The fourth-order valence-electron chi connectivity index (χ4n) is 5.59. The highest BCUT2D eigenvalue weighted by molar-refractivity contribution is 5.79. The summed E-state index contributed by atoms with van der Waals surface area (Å²) >= 11 is 0. The number of nitrogens with one attached hydrogen (secondary N) is 1. The Morgan fingerprint density at radius 1 is 1.09 bits per heavy atom. The number of alkyl carbamates (subject to hydrolysis) is 1. The number of carbonyl (C=O) groups excluding carboxylic acids is 1. The third-order valence-corrected chi connectivity index (χ3v) is 7.11. The van der Waals surface area contributed by atoms with Gasteiger partial charge in [0.2, 0.25) is 0 Å². The van der Waals surface area contributed by atoms with Crippen molar-refractivity contribution in [2.45, 2.75) is 51.9 Å². The van der Waals surface area contributed by atoms with Crippen LogP contribution in [0.5, 0.6) is 0 Å². The summed E-state index contributed by atoms with van der Waals surface area (Å²) in [6.45, 7) is 4.84. The molecule has 4 rings (SSSR count). The number of carboxylic acid groups (broad SMARTS) is 1. The summed E-state index contributed by atoms with van der Waals surface area (Å²) in [5, 5.41) is 12.4. The number of carbonyl (C=O) groups is 2. The molecule has 2 aliphatic rings. The van der Waals surface area contributed by atoms with Gasteiger partial charge in [0.25, 0.3) is 0 Å². The largest absolute Gasteiger partial charge is 0.481 e. The Hall–Kier alpha value is -2.82. The number of benzene rings is 2. The lowest BCUT2D eigenvalue weighted by atomic mass is 9.70. The van der Waals surface area contributed by atoms with E-state index in [2.05, 4.69) is 43.4 Å². The number of fused-ring (bicyclic) bond motifs is 3. The standard InChI is InChI=1S/C27H33NO4/c1-27(2)13-7-8-18(15-27)14-19(25(29)30)16-28-26(31)32-17-24-22-11-5-3-9-20(22)21-10-4-6-12-23(21)24/h3-6,9-12,18-19,24H,7-8,13-17H2,1-2H3,(H,28,31)(H,29,30). The molecule has 0 spiro atoms. The van der Waals surface area contributed by atoms with Gasteiger partial charge in [0, 0.05) is 12.5 Å². The Bertz CT molecular complexity index is 938. The van der Waals surface area contributed by atoms with Crippen LogP contribution in [0.25, 0.3) is 11.1 Å². The topological polar surface area (TPSA) is 75.6 Å². The first-order chi connectivity index (χ1) is 15.3. The molecule has 1 amide bonds. The zero-order chi connectivity index (χ0) is 22.7. The lowest BCUT2D eigenvalue weighted by Gasteiger charge is -2.36. The summed E-state index contributed by atoms with van der Waals surface area (Å²) in [7, 11) is 0. The van der Waals surface area contributed by atoms with E-state index in [0.717, 1.165) is 30.4 Å². The molecule has 0 aliphatic heterocycles. The van der Waals surface area contributed by atoms with Crippen molar-refractivity contribution in [2.24, 2.45) is 17.3 Å². The van der Waals surface area contributed by atoms with Crippen LogP contribution < -0.4 is 5.32 Å². The van der Waals surface area contributed by atoms with Gasteiger partial charge < -0.3 is 15.2 Å². The summed E-state index contributed by atoms with van der Waals surface area (Å²) < 4.78 is 5.55. The lowest BCUT2D eigenvalue weighted by Crippen LogP contribution is -2.36. The number of carboxylic acids is 1. The second-order valence-corrected chi connectivity index (χ2v) is 10.1. The fraction of sp³-hybridized carbons (Fsp3) is 0.481. The molecule has 1 saturated carbocycles. The van der Waals surface area contributed by atoms with E-state index in [9.17, 15) is 14.7 Å². The first-order valence-electron chi connectivity index (χ1n) is 11.7. The van der Waals surface area contributed by atoms with Crippen LogP contribution in [0.3, 0.4) is 0 Å². The minimum absolute atomic E-state index is 0.00658. The van der Waals surface area contributed by atoms with E-state index in [1.807, 2.05) is 24.3 Å². The molecule has 5 heteroatoms. The third-order valence-electron chi connectivity index (χ3n) is 7.11. The number of amides is 1. The number of hydrogen-bond acceptors (Lipinski definition) is 3. The minimum atomic E-state index is -0.854. The number of ether oxygens (including phenoxy) is 1. The second-order valence-electron chi connectivity index (χ2n) is 10.1. The van der Waals surface area contributed by atoms with Crippen molar-refractivity contribution in [1.82, 2.24) is 5.32 Å². The van der Waals surface area contributed by atoms with Gasteiger partial charge >= 0.3 is 12.1 Å². The van der Waals surface area contributed by atoms with Crippen LogP contribution in [0.1, 0.15) is 63.0 Å². The Labute approximate surface area is 190 Å². The maximum absolute atomic E-state index is 12.4. The second kappa shape index (κ2) is 9.35. The highest BCUT2D eigenvalue weighted by Crippen LogP contribution is 2.44. The van der Waals surface area contributed by atoms with Gasteiger partial charge in [-0.25, -0.2) is 4.79 Å². The normalized spacial score (nSPS) is 20.1. The molecule has 1 fully saturated rings. The predicted octanol–water partition coefficient (Wildman–Crippen LogP) is 5.83. The zero-order valence-corrected chi connectivity index (χ0v) is 19.0. The fourth-order valence-corrected chi connectivity index (χ4v) is 5.59. The number of rotatable bonds is 7. The summed E-state index contributed by atoms with van der Waals surface area (Å²) in [5.41, 5.74) is 4.94. The molecule has 32 heavy (non-hydrogen) atoms. The predicted molar refractivity (Wildman–Crippen MR) is 125 cm³/mol. The molecular formula is C27H33NO4. The van der Waals surface area contributed by atoms with Gasteiger partial charge in [0.15, 0.2) is 0 Å². The van der Waals surface area contributed by atoms with Crippen LogP contribution in [0.15, 0.2) is 48.5 Å². The van der Waals surface area contributed by atoms with Crippen LogP contribution in [-0.4, -0.2) is 30.3 Å². The van der Waals surface area contributed by atoms with Crippen molar-refractivity contribution in [1.29, 1.82) is 0 Å². The molecule has 2 N–H and O–H groups in total. The van der Waals surface area contributed by atoms with E-state index in [0.29, 0.717) is 12.3 Å². The maximum Gasteiger partial charge on any atom is 0.407 e. The Balaban J connectivity index is 1.32. The van der Waals surface area contributed by atoms with E-state index in [4.69, 9.17) is 4.74 Å². The van der Waals surface area contributed by atoms with Crippen LogP contribution >= 0.6 is 0 Å². The summed E-state index contributed by atoms with van der Waals surface area (Å²) in [6.07, 6.45) is 4.49. The molecule has 2 aromatic carbocycles. The number of aliphatic carboxylic acids is 1. The average molecular weight is 436 g/mol. The van der Waals surface area contributed by atoms with Gasteiger partial charge in [-0.2, -0.15) is 0 Å². The van der Waals surface area contributed by atoms with E-state index in [1.54, 1.807) is 0 Å². The van der Waals surface area contributed by atoms with Crippen LogP contribution in [0.2, 0.25) is 0 Å². The summed E-state index contributed by atoms with van der Waals surface area (Å²) in [5.74, 6) is -1.06. The molecule has 5 nitrogen and oxygen atoms in total. The highest BCUT2D eigenvalue weighted by atomic mass is 16.5. The SMILES string of the molecule is CC1(C)CCCC(CC(CNC(=O)OCC2c3ccccc3-c3ccccc32)C(=O)O)C1. The Kier molecular flexibility index (Phi) is 6.54. The van der Waals surface area contributed by atoms with Crippen molar-refractivity contribution >= 4 is 12.1 Å². The zero-order valence-electron chi connectivity index (χ0n) is 19.0. The van der Waals surface area contributed by atoms with Crippen LogP contribution in [0, 0.1) is 17.3 Å². The van der Waals surface area contributed by atoms with Crippen LogP contribution in [0.4, 0.5) is 4.79 Å². The number of hydrogen-bond donors (Lipinski definition) is 2. The van der Waals surface area contributed by atoms with Crippen molar-refractivity contribution in [3.05, 3.63) is 59.7 Å². The van der Waals surface area contributed by atoms with Gasteiger partial charge in [-0.3, -0.25) is 4.79 Å². The van der Waals surface area contributed by atoms with Crippen LogP contribution in [-0.2, 0) is 9.53 Å². The third kappa shape index (κ3) is 4.98. The first kappa shape index (κ1) is 22.4. The smallest absolute Gasteiger partial charge is 0.407 e. The van der Waals surface area contributed by atoms with E-state index in [-0.39, 0.29) is 24.5 Å². The lowest BCUT2D eigenvalue weighted by molar-refractivity contribution is -0.142. The first-order valence-corrected chi connectivity index (χ1v) is 11.7. The Morgan fingerprint density at radius 2 is 1.72 bits per heavy atom. The van der Waals surface area contributed by atoms with Crippen molar-refractivity contribution < 1.29 is 19.4 Å². The maximum atomic E-state index is 12.4. The molecule has 0 bridgehead atoms. The van der Waals surface area contributed by atoms with Gasteiger partial charge in [-0.05, 0) is 52.8 Å². The minimum Gasteiger partial charge on any atom is -0.481 e.